The van der Waals surface area contributed by atoms with Gasteiger partial charge in [-0.15, -0.1) is 0 Å². The van der Waals surface area contributed by atoms with Gasteiger partial charge in [0.05, 0.1) is 51.1 Å². The minimum Gasteiger partial charge on any atom is -0.405 e. The summed E-state index contributed by atoms with van der Waals surface area (Å²) in [6, 6.07) is 31.5. The van der Waals surface area contributed by atoms with E-state index in [1.165, 1.54) is 10.4 Å². The molecule has 0 spiro atoms. The van der Waals surface area contributed by atoms with Gasteiger partial charge in [-0.2, -0.15) is 0 Å². The summed E-state index contributed by atoms with van der Waals surface area (Å²) >= 11 is 12.8. The Morgan fingerprint density at radius 3 is 2.07 bits per heavy atom. The third-order valence-electron chi connectivity index (χ3n) is 7.61. The first-order valence-corrected chi connectivity index (χ1v) is 17.0. The van der Waals surface area contributed by atoms with E-state index in [1.807, 2.05) is 65.4 Å². The van der Waals surface area contributed by atoms with Crippen LogP contribution in [0.25, 0.3) is 16.6 Å². The van der Waals surface area contributed by atoms with E-state index in [0.29, 0.717) is 11.2 Å². The van der Waals surface area contributed by atoms with Crippen molar-refractivity contribution in [1.29, 1.82) is 0 Å². The van der Waals surface area contributed by atoms with Crippen LogP contribution in [0.4, 0.5) is 5.69 Å². The first kappa shape index (κ1) is 30.7. The fourth-order valence-corrected chi connectivity index (χ4v) is 8.48. The quantitative estimate of drug-likeness (QED) is 0.175. The number of carbonyl (C=O) groups is 1. The minimum absolute atomic E-state index is 0.210. The van der Waals surface area contributed by atoms with Gasteiger partial charge in [0.2, 0.25) is 9.04 Å². The largest absolute Gasteiger partial charge is 0.405 e. The van der Waals surface area contributed by atoms with Crippen molar-refractivity contribution in [2.75, 3.05) is 5.32 Å². The van der Waals surface area contributed by atoms with E-state index in [4.69, 9.17) is 32.6 Å². The molecule has 0 aliphatic rings. The van der Waals surface area contributed by atoms with Crippen LogP contribution in [0.15, 0.2) is 116 Å². The van der Waals surface area contributed by atoms with Crippen LogP contribution in [-0.2, 0) is 16.4 Å². The Balaban J connectivity index is 1.51. The number of benzene rings is 4. The molecular weight excluding hydrogens is 619 g/mol. The molecule has 2 heterocycles. The molecule has 0 fully saturated rings. The number of nitrogens with one attached hydrogen (secondary N) is 1. The molecule has 0 unspecified atom stereocenters. The Kier molecular flexibility index (Phi) is 8.87. The van der Waals surface area contributed by atoms with Gasteiger partial charge in [-0.3, -0.25) is 4.79 Å². The Labute approximate surface area is 274 Å². The minimum atomic E-state index is -2.08. The monoisotopic (exact) mass is 650 g/mol. The SMILES string of the molecule is CC(C)(C)c1c(CO[SiH](c2ccccc2)c2ccccc2)nc2c(NC(=O)c3c(Cl)cccc3Cl)cccc2c1-n1ccnc1. The molecule has 0 aliphatic heterocycles. The molecule has 6 rings (SSSR count). The van der Waals surface area contributed by atoms with Gasteiger partial charge in [0.25, 0.3) is 5.91 Å². The van der Waals surface area contributed by atoms with Crippen LogP contribution in [0.2, 0.25) is 10.0 Å². The van der Waals surface area contributed by atoms with Crippen molar-refractivity contribution in [1.82, 2.24) is 14.5 Å². The smallest absolute Gasteiger partial charge is 0.258 e. The lowest BCUT2D eigenvalue weighted by atomic mass is 9.83. The van der Waals surface area contributed by atoms with Gasteiger partial charge in [0.1, 0.15) is 0 Å². The van der Waals surface area contributed by atoms with Crippen molar-refractivity contribution in [3.8, 4) is 5.69 Å². The number of imidazole rings is 1. The van der Waals surface area contributed by atoms with Crippen molar-refractivity contribution < 1.29 is 9.22 Å². The third-order valence-corrected chi connectivity index (χ3v) is 10.7. The molecule has 45 heavy (non-hydrogen) atoms. The topological polar surface area (TPSA) is 69.0 Å². The van der Waals surface area contributed by atoms with E-state index in [-0.39, 0.29) is 27.6 Å². The van der Waals surface area contributed by atoms with Crippen molar-refractivity contribution in [3.05, 3.63) is 143 Å². The second kappa shape index (κ2) is 13.0. The Hall–Kier alpha value is -4.27. The number of hydrogen-bond acceptors (Lipinski definition) is 4. The van der Waals surface area contributed by atoms with E-state index in [2.05, 4.69) is 55.3 Å². The maximum absolute atomic E-state index is 13.5. The molecule has 4 aromatic carbocycles. The highest BCUT2D eigenvalue weighted by atomic mass is 35.5. The summed E-state index contributed by atoms with van der Waals surface area (Å²) in [5.74, 6) is -0.414. The molecule has 0 aliphatic carbocycles. The number of fused-ring (bicyclic) bond motifs is 1. The third kappa shape index (κ3) is 6.44. The summed E-state index contributed by atoms with van der Waals surface area (Å²) in [4.78, 5) is 23.1. The van der Waals surface area contributed by atoms with Crippen LogP contribution in [0, 0.1) is 0 Å². The molecule has 0 saturated heterocycles. The summed E-state index contributed by atoms with van der Waals surface area (Å²) in [6.45, 7) is 6.81. The van der Waals surface area contributed by atoms with Gasteiger partial charge in [0.15, 0.2) is 0 Å². The number of rotatable bonds is 8. The molecular formula is C36H32Cl2N4O2Si. The second-order valence-electron chi connectivity index (χ2n) is 11.8. The Morgan fingerprint density at radius 1 is 0.867 bits per heavy atom. The average molecular weight is 652 g/mol. The molecule has 0 saturated carbocycles. The first-order chi connectivity index (χ1) is 21.7. The molecule has 0 atom stereocenters. The molecule has 1 N–H and O–H groups in total. The van der Waals surface area contributed by atoms with Crippen molar-refractivity contribution in [2.24, 2.45) is 0 Å². The molecule has 226 valence electrons. The Morgan fingerprint density at radius 2 is 1.49 bits per heavy atom. The van der Waals surface area contributed by atoms with Gasteiger partial charge in [-0.05, 0) is 34.0 Å². The van der Waals surface area contributed by atoms with Crippen LogP contribution < -0.4 is 15.7 Å². The highest BCUT2D eigenvalue weighted by Gasteiger charge is 2.29. The molecule has 6 aromatic rings. The predicted octanol–water partition coefficient (Wildman–Crippen LogP) is 7.33. The van der Waals surface area contributed by atoms with Gasteiger partial charge >= 0.3 is 0 Å². The van der Waals surface area contributed by atoms with E-state index in [1.54, 1.807) is 30.7 Å². The van der Waals surface area contributed by atoms with E-state index in [9.17, 15) is 4.79 Å². The number of halogens is 2. The van der Waals surface area contributed by atoms with E-state index >= 15 is 0 Å². The zero-order chi connectivity index (χ0) is 31.6. The number of para-hydroxylation sites is 1. The normalized spacial score (nSPS) is 11.7. The maximum Gasteiger partial charge on any atom is 0.258 e. The van der Waals surface area contributed by atoms with Crippen LogP contribution >= 0.6 is 23.2 Å². The zero-order valence-corrected chi connectivity index (χ0v) is 27.8. The van der Waals surface area contributed by atoms with Crippen LogP contribution in [0.1, 0.15) is 42.4 Å². The zero-order valence-electron chi connectivity index (χ0n) is 25.2. The lowest BCUT2D eigenvalue weighted by Gasteiger charge is -2.28. The maximum atomic E-state index is 13.5. The number of nitrogens with zero attached hydrogens (tertiary/aromatic N) is 3. The first-order valence-electron chi connectivity index (χ1n) is 14.6. The van der Waals surface area contributed by atoms with Gasteiger partial charge in [0, 0.05) is 23.3 Å². The summed E-state index contributed by atoms with van der Waals surface area (Å²) in [5.41, 5.74) is 3.84. The second-order valence-corrected chi connectivity index (χ2v) is 15.0. The van der Waals surface area contributed by atoms with Crippen LogP contribution in [0.3, 0.4) is 0 Å². The number of hydrogen-bond donors (Lipinski definition) is 1. The van der Waals surface area contributed by atoms with Crippen molar-refractivity contribution in [3.63, 3.8) is 0 Å². The summed E-state index contributed by atoms with van der Waals surface area (Å²) in [5, 5.41) is 6.80. The summed E-state index contributed by atoms with van der Waals surface area (Å²) < 4.78 is 8.92. The molecule has 9 heteroatoms. The average Bonchev–Trinajstić information content (AvgIpc) is 3.56. The molecule has 0 radical (unpaired) electrons. The molecule has 2 aromatic heterocycles. The predicted molar refractivity (Wildman–Crippen MR) is 186 cm³/mol. The fourth-order valence-electron chi connectivity index (χ4n) is 5.67. The van der Waals surface area contributed by atoms with Crippen LogP contribution in [-0.4, -0.2) is 29.5 Å². The standard InChI is InChI=1S/C36H32Cl2N4O2Si/c1-36(2,3)32-30(22-44-45(24-12-6-4-7-13-24)25-14-8-5-9-15-25)40-33-26(34(32)42-21-20-39-23-42)16-10-19-29(33)41-35(43)31-27(37)17-11-18-28(31)38/h4-21,23,45H,22H2,1-3H3,(H,41,43). The lowest BCUT2D eigenvalue weighted by molar-refractivity contribution is 0.102. The van der Waals surface area contributed by atoms with Gasteiger partial charge < -0.3 is 14.3 Å². The van der Waals surface area contributed by atoms with Crippen molar-refractivity contribution in [2.45, 2.75) is 32.8 Å². The van der Waals surface area contributed by atoms with Gasteiger partial charge in [-0.25, -0.2) is 9.97 Å². The van der Waals surface area contributed by atoms with Crippen molar-refractivity contribution >= 4 is 65.1 Å². The lowest BCUT2D eigenvalue weighted by Crippen LogP contribution is -2.44. The highest BCUT2D eigenvalue weighted by Crippen LogP contribution is 2.38. The summed E-state index contributed by atoms with van der Waals surface area (Å²) in [7, 11) is -2.08. The van der Waals surface area contributed by atoms with E-state index in [0.717, 1.165) is 22.3 Å². The molecule has 6 nitrogen and oxygen atoms in total. The number of carbonyl (C=O) groups excluding carboxylic acids is 1. The number of aromatic nitrogens is 3. The Bertz CT molecular complexity index is 1900. The highest BCUT2D eigenvalue weighted by molar-refractivity contribution is 6.80. The van der Waals surface area contributed by atoms with Gasteiger partial charge in [-0.1, -0.05) is 123 Å². The fraction of sp³-hybridized carbons (Fsp3) is 0.139. The summed E-state index contributed by atoms with van der Waals surface area (Å²) in [6.07, 6.45) is 5.47. The number of amides is 1. The number of anilines is 1. The molecule has 1 amide bonds. The number of pyridine rings is 1. The van der Waals surface area contributed by atoms with E-state index < -0.39 is 14.9 Å². The van der Waals surface area contributed by atoms with Crippen LogP contribution in [0.5, 0.6) is 0 Å². The molecule has 0 bridgehead atoms.